The number of benzene rings is 2. The molecule has 3 aromatic rings. The summed E-state index contributed by atoms with van der Waals surface area (Å²) in [5.41, 5.74) is 3.54. The smallest absolute Gasteiger partial charge is 0.260 e. The number of hydrogen-bond acceptors (Lipinski definition) is 7. The molecular weight excluding hydrogens is 532 g/mol. The average molecular weight is 569 g/mol. The molecule has 0 radical (unpaired) electrons. The fourth-order valence-corrected chi connectivity index (χ4v) is 7.22. The number of aromatic nitrogens is 1. The van der Waals surface area contributed by atoms with Crippen LogP contribution in [0.2, 0.25) is 0 Å². The molecule has 1 aliphatic heterocycles. The van der Waals surface area contributed by atoms with Gasteiger partial charge in [-0.1, -0.05) is 29.6 Å². The van der Waals surface area contributed by atoms with Gasteiger partial charge in [-0.05, 0) is 61.7 Å². The van der Waals surface area contributed by atoms with Gasteiger partial charge in [0.15, 0.2) is 5.13 Å². The molecule has 39 heavy (non-hydrogen) atoms. The van der Waals surface area contributed by atoms with Crippen LogP contribution in [-0.4, -0.2) is 81.0 Å². The quantitative estimate of drug-likeness (QED) is 0.296. The number of ether oxygens (including phenoxy) is 1. The van der Waals surface area contributed by atoms with Gasteiger partial charge in [-0.3, -0.25) is 14.6 Å². The zero-order chi connectivity index (χ0) is 28.0. The summed E-state index contributed by atoms with van der Waals surface area (Å²) in [4.78, 5) is 22.9. The Labute approximate surface area is 235 Å². The average Bonchev–Trinajstić information content (AvgIpc) is 3.35. The lowest BCUT2D eigenvalue weighted by molar-refractivity contribution is 0.0376. The molecule has 0 atom stereocenters. The largest absolute Gasteiger partial charge is 0.379 e. The number of nitrogens with zero attached hydrogens (tertiary/aromatic N) is 4. The first-order chi connectivity index (χ1) is 18.7. The molecule has 0 saturated carbocycles. The zero-order valence-corrected chi connectivity index (χ0v) is 24.3. The van der Waals surface area contributed by atoms with Crippen LogP contribution in [0, 0.1) is 13.8 Å². The maximum absolute atomic E-state index is 13.8. The maximum atomic E-state index is 13.8. The van der Waals surface area contributed by atoms with Crippen molar-refractivity contribution in [1.82, 2.24) is 14.2 Å². The first-order valence-electron chi connectivity index (χ1n) is 13.1. The first-order valence-corrected chi connectivity index (χ1v) is 15.3. The SMILES string of the molecule is C=CCN(CC=C)S(=O)(=O)c1ccc(C(=O)N(CCCN2CCOCC2)c2nc3c(C)cc(C)cc3s2)cc1. The van der Waals surface area contributed by atoms with Crippen molar-refractivity contribution in [2.75, 3.05) is 57.4 Å². The van der Waals surface area contributed by atoms with Gasteiger partial charge in [0.25, 0.3) is 5.91 Å². The topological polar surface area (TPSA) is 83.1 Å². The molecule has 1 amide bonds. The number of rotatable bonds is 12. The second-order valence-electron chi connectivity index (χ2n) is 9.61. The molecular formula is C29H36N4O4S2. The van der Waals surface area contributed by atoms with E-state index < -0.39 is 10.0 Å². The standard InChI is InChI=1S/C29H36N4O4S2/c1-5-12-32(13-6-2)39(35,36)25-10-8-24(9-11-25)28(34)33(15-7-14-31-16-18-37-19-17-31)29-30-27-23(4)20-22(3)21-26(27)38-29/h5-6,8-11,20-21H,1-2,7,12-19H2,3-4H3. The number of thiazole rings is 1. The van der Waals surface area contributed by atoms with Gasteiger partial charge in [0.05, 0.1) is 28.3 Å². The van der Waals surface area contributed by atoms with E-state index in [0.29, 0.717) is 17.2 Å². The van der Waals surface area contributed by atoms with Crippen LogP contribution in [0.15, 0.2) is 66.6 Å². The molecule has 4 rings (SSSR count). The summed E-state index contributed by atoms with van der Waals surface area (Å²) in [6, 6.07) is 10.3. The summed E-state index contributed by atoms with van der Waals surface area (Å²) in [5, 5.41) is 0.644. The molecule has 8 nitrogen and oxygen atoms in total. The molecule has 10 heteroatoms. The summed E-state index contributed by atoms with van der Waals surface area (Å²) in [5.74, 6) is -0.205. The lowest BCUT2D eigenvalue weighted by Gasteiger charge is -2.27. The Bertz CT molecular complexity index is 1420. The van der Waals surface area contributed by atoms with E-state index in [1.165, 1.54) is 39.9 Å². The third-order valence-corrected chi connectivity index (χ3v) is 9.53. The Morgan fingerprint density at radius 3 is 2.41 bits per heavy atom. The van der Waals surface area contributed by atoms with Crippen LogP contribution in [0.1, 0.15) is 27.9 Å². The highest BCUT2D eigenvalue weighted by Crippen LogP contribution is 2.32. The Kier molecular flexibility index (Phi) is 9.68. The molecule has 0 bridgehead atoms. The van der Waals surface area contributed by atoms with Crippen molar-refractivity contribution in [3.05, 3.63) is 78.4 Å². The lowest BCUT2D eigenvalue weighted by atomic mass is 10.1. The predicted molar refractivity (Wildman–Crippen MR) is 158 cm³/mol. The minimum absolute atomic E-state index is 0.118. The van der Waals surface area contributed by atoms with E-state index in [0.717, 1.165) is 60.6 Å². The van der Waals surface area contributed by atoms with Crippen molar-refractivity contribution in [1.29, 1.82) is 0 Å². The van der Waals surface area contributed by atoms with E-state index in [2.05, 4.69) is 37.1 Å². The maximum Gasteiger partial charge on any atom is 0.260 e. The third kappa shape index (κ3) is 6.82. The molecule has 1 saturated heterocycles. The van der Waals surface area contributed by atoms with Crippen LogP contribution in [0.5, 0.6) is 0 Å². The van der Waals surface area contributed by atoms with E-state index >= 15 is 0 Å². The van der Waals surface area contributed by atoms with Crippen LogP contribution in [0.3, 0.4) is 0 Å². The molecule has 0 aliphatic carbocycles. The number of morpholine rings is 1. The molecule has 0 N–H and O–H groups in total. The number of sulfonamides is 1. The van der Waals surface area contributed by atoms with Crippen LogP contribution in [0.25, 0.3) is 10.2 Å². The number of carbonyl (C=O) groups is 1. The van der Waals surface area contributed by atoms with Gasteiger partial charge in [-0.25, -0.2) is 13.4 Å². The minimum Gasteiger partial charge on any atom is -0.379 e. The molecule has 0 spiro atoms. The number of aryl methyl sites for hydroxylation is 2. The van der Waals surface area contributed by atoms with Crippen molar-refractivity contribution in [3.8, 4) is 0 Å². The van der Waals surface area contributed by atoms with E-state index in [-0.39, 0.29) is 23.9 Å². The molecule has 208 valence electrons. The summed E-state index contributed by atoms with van der Waals surface area (Å²) in [6.45, 7) is 16.3. The summed E-state index contributed by atoms with van der Waals surface area (Å²) in [6.07, 6.45) is 3.86. The van der Waals surface area contributed by atoms with Crippen molar-refractivity contribution >= 4 is 42.6 Å². The number of carbonyl (C=O) groups excluding carboxylic acids is 1. The van der Waals surface area contributed by atoms with Crippen LogP contribution < -0.4 is 4.90 Å². The van der Waals surface area contributed by atoms with Crippen molar-refractivity contribution in [2.24, 2.45) is 0 Å². The fraction of sp³-hybridized carbons (Fsp3) is 0.379. The van der Waals surface area contributed by atoms with Gasteiger partial charge in [-0.15, -0.1) is 13.2 Å². The van der Waals surface area contributed by atoms with E-state index in [1.54, 1.807) is 17.0 Å². The highest BCUT2D eigenvalue weighted by Gasteiger charge is 2.25. The van der Waals surface area contributed by atoms with Crippen molar-refractivity contribution < 1.29 is 17.9 Å². The molecule has 2 heterocycles. The van der Waals surface area contributed by atoms with Gasteiger partial charge in [0.2, 0.25) is 10.0 Å². The van der Waals surface area contributed by atoms with Crippen molar-refractivity contribution in [3.63, 3.8) is 0 Å². The number of anilines is 1. The summed E-state index contributed by atoms with van der Waals surface area (Å²) >= 11 is 1.50. The van der Waals surface area contributed by atoms with E-state index in [9.17, 15) is 13.2 Å². The molecule has 1 fully saturated rings. The van der Waals surface area contributed by atoms with E-state index in [1.807, 2.05) is 6.92 Å². The van der Waals surface area contributed by atoms with Gasteiger partial charge in [-0.2, -0.15) is 4.31 Å². The van der Waals surface area contributed by atoms with Gasteiger partial charge in [0.1, 0.15) is 0 Å². The second-order valence-corrected chi connectivity index (χ2v) is 12.6. The van der Waals surface area contributed by atoms with Gasteiger partial charge >= 0.3 is 0 Å². The fourth-order valence-electron chi connectivity index (χ4n) is 4.67. The summed E-state index contributed by atoms with van der Waals surface area (Å²) < 4.78 is 34.0. The van der Waals surface area contributed by atoms with Gasteiger partial charge < -0.3 is 4.74 Å². The number of fused-ring (bicyclic) bond motifs is 1. The molecule has 1 aromatic heterocycles. The number of amides is 1. The Morgan fingerprint density at radius 2 is 1.77 bits per heavy atom. The molecule has 1 aliphatic rings. The number of hydrogen-bond donors (Lipinski definition) is 0. The second kappa shape index (κ2) is 13.0. The lowest BCUT2D eigenvalue weighted by Crippen LogP contribution is -2.39. The first kappa shape index (κ1) is 29.1. The minimum atomic E-state index is -3.75. The van der Waals surface area contributed by atoms with Crippen LogP contribution >= 0.6 is 11.3 Å². The Hall–Kier alpha value is -2.89. The van der Waals surface area contributed by atoms with E-state index in [4.69, 9.17) is 9.72 Å². The van der Waals surface area contributed by atoms with Crippen molar-refractivity contribution in [2.45, 2.75) is 25.2 Å². The molecule has 2 aromatic carbocycles. The normalized spacial score (nSPS) is 14.5. The highest BCUT2D eigenvalue weighted by molar-refractivity contribution is 7.89. The predicted octanol–water partition coefficient (Wildman–Crippen LogP) is 4.64. The summed E-state index contributed by atoms with van der Waals surface area (Å²) in [7, 11) is -3.75. The monoisotopic (exact) mass is 568 g/mol. The zero-order valence-electron chi connectivity index (χ0n) is 22.6. The highest BCUT2D eigenvalue weighted by atomic mass is 32.2. The van der Waals surface area contributed by atoms with Crippen LogP contribution in [-0.2, 0) is 14.8 Å². The Balaban J connectivity index is 1.61. The van der Waals surface area contributed by atoms with Gasteiger partial charge in [0, 0.05) is 44.8 Å². The third-order valence-electron chi connectivity index (χ3n) is 6.66. The Morgan fingerprint density at radius 1 is 1.10 bits per heavy atom. The molecule has 0 unspecified atom stereocenters. The van der Waals surface area contributed by atoms with Crippen LogP contribution in [0.4, 0.5) is 5.13 Å².